The number of benzene rings is 1. The van der Waals surface area contributed by atoms with Crippen LogP contribution in [-0.4, -0.2) is 27.9 Å². The number of nitrogens with two attached hydrogens (primary N) is 1. The monoisotopic (exact) mass is 239 g/mol. The van der Waals surface area contributed by atoms with E-state index in [1.54, 1.807) is 21.3 Å². The lowest BCUT2D eigenvalue weighted by atomic mass is 10.0. The van der Waals surface area contributed by atoms with Gasteiger partial charge in [0.05, 0.1) is 20.3 Å². The van der Waals surface area contributed by atoms with Gasteiger partial charge in [0.15, 0.2) is 0 Å². The van der Waals surface area contributed by atoms with Gasteiger partial charge in [-0.3, -0.25) is 0 Å². The lowest BCUT2D eigenvalue weighted by Crippen LogP contribution is -2.15. The predicted molar refractivity (Wildman–Crippen MR) is 67.7 cm³/mol. The highest BCUT2D eigenvalue weighted by Crippen LogP contribution is 2.33. The third kappa shape index (κ3) is 2.90. The van der Waals surface area contributed by atoms with E-state index >= 15 is 0 Å². The first-order valence-electron chi connectivity index (χ1n) is 5.69. The van der Waals surface area contributed by atoms with Crippen LogP contribution in [0.25, 0.3) is 0 Å². The summed E-state index contributed by atoms with van der Waals surface area (Å²) in [6.45, 7) is 2.48. The van der Waals surface area contributed by atoms with Gasteiger partial charge in [-0.15, -0.1) is 0 Å². The molecule has 1 aromatic rings. The van der Waals surface area contributed by atoms with Crippen molar-refractivity contribution in [1.82, 2.24) is 0 Å². The van der Waals surface area contributed by atoms with E-state index in [1.807, 2.05) is 12.1 Å². The molecule has 2 N–H and O–H groups in total. The van der Waals surface area contributed by atoms with Gasteiger partial charge in [0.2, 0.25) is 0 Å². The van der Waals surface area contributed by atoms with Crippen LogP contribution in [0.3, 0.4) is 0 Å². The van der Waals surface area contributed by atoms with Crippen molar-refractivity contribution in [2.24, 2.45) is 5.73 Å². The molecule has 0 saturated carbocycles. The molecule has 0 fully saturated rings. The first kappa shape index (κ1) is 13.8. The molecule has 1 aromatic carbocycles. The highest BCUT2D eigenvalue weighted by molar-refractivity contribution is 5.47. The maximum Gasteiger partial charge on any atom is 0.125 e. The minimum atomic E-state index is -0.176. The highest BCUT2D eigenvalue weighted by atomic mass is 16.5. The topological polar surface area (TPSA) is 53.7 Å². The van der Waals surface area contributed by atoms with E-state index in [4.69, 9.17) is 19.9 Å². The Morgan fingerprint density at radius 2 is 1.76 bits per heavy atom. The fourth-order valence-electron chi connectivity index (χ4n) is 1.86. The number of hydrogen-bond donors (Lipinski definition) is 1. The Morgan fingerprint density at radius 3 is 2.18 bits per heavy atom. The van der Waals surface area contributed by atoms with E-state index in [2.05, 4.69) is 6.92 Å². The third-order valence-corrected chi connectivity index (χ3v) is 2.86. The van der Waals surface area contributed by atoms with Gasteiger partial charge in [0.1, 0.15) is 11.5 Å². The lowest BCUT2D eigenvalue weighted by molar-refractivity contribution is 0.108. The van der Waals surface area contributed by atoms with Crippen LogP contribution >= 0.6 is 0 Å². The quantitative estimate of drug-likeness (QED) is 0.824. The molecule has 1 unspecified atom stereocenters. The molecule has 0 aliphatic heterocycles. The van der Waals surface area contributed by atoms with Gasteiger partial charge in [-0.2, -0.15) is 0 Å². The van der Waals surface area contributed by atoms with E-state index in [9.17, 15) is 0 Å². The van der Waals surface area contributed by atoms with Gasteiger partial charge in [0.25, 0.3) is 0 Å². The molecule has 0 bridgehead atoms. The Hall–Kier alpha value is -1.26. The molecule has 0 aromatic heterocycles. The zero-order valence-corrected chi connectivity index (χ0v) is 10.9. The van der Waals surface area contributed by atoms with Gasteiger partial charge in [-0.1, -0.05) is 6.92 Å². The van der Waals surface area contributed by atoms with Gasteiger partial charge >= 0.3 is 0 Å². The molecule has 0 heterocycles. The molecule has 0 radical (unpaired) electrons. The largest absolute Gasteiger partial charge is 0.496 e. The lowest BCUT2D eigenvalue weighted by Gasteiger charge is -2.19. The standard InChI is InChI=1S/C13H21NO3/c1-5-9-6-12(16-3)10(7-11(9)15-2)13(8-14)17-4/h6-7,13H,5,8,14H2,1-4H3. The summed E-state index contributed by atoms with van der Waals surface area (Å²) in [5.74, 6) is 1.64. The van der Waals surface area contributed by atoms with E-state index in [0.717, 1.165) is 29.0 Å². The van der Waals surface area contributed by atoms with Crippen molar-refractivity contribution in [3.63, 3.8) is 0 Å². The van der Waals surface area contributed by atoms with Crippen molar-refractivity contribution in [3.8, 4) is 11.5 Å². The molecule has 96 valence electrons. The maximum absolute atomic E-state index is 5.68. The second-order valence-corrected chi connectivity index (χ2v) is 3.72. The number of aryl methyl sites for hydroxylation is 1. The fourth-order valence-corrected chi connectivity index (χ4v) is 1.86. The molecule has 0 spiro atoms. The minimum Gasteiger partial charge on any atom is -0.496 e. The normalized spacial score (nSPS) is 12.3. The molecule has 0 aliphatic rings. The summed E-state index contributed by atoms with van der Waals surface area (Å²) in [6, 6.07) is 3.93. The summed E-state index contributed by atoms with van der Waals surface area (Å²) in [5, 5.41) is 0. The number of rotatable bonds is 6. The number of methoxy groups -OCH3 is 3. The maximum atomic E-state index is 5.68. The first-order valence-corrected chi connectivity index (χ1v) is 5.69. The minimum absolute atomic E-state index is 0.176. The predicted octanol–water partition coefficient (Wildman–Crippen LogP) is 1.91. The zero-order chi connectivity index (χ0) is 12.8. The number of ether oxygens (including phenoxy) is 3. The fraction of sp³-hybridized carbons (Fsp3) is 0.538. The summed E-state index contributed by atoms with van der Waals surface area (Å²) < 4.78 is 16.1. The SMILES string of the molecule is CCc1cc(OC)c(C(CN)OC)cc1OC. The number of hydrogen-bond acceptors (Lipinski definition) is 4. The van der Waals surface area contributed by atoms with Crippen molar-refractivity contribution in [2.45, 2.75) is 19.4 Å². The van der Waals surface area contributed by atoms with Crippen molar-refractivity contribution in [2.75, 3.05) is 27.9 Å². The third-order valence-electron chi connectivity index (χ3n) is 2.86. The summed E-state index contributed by atoms with van der Waals surface area (Å²) in [5.41, 5.74) is 7.71. The van der Waals surface area contributed by atoms with Crippen LogP contribution in [0, 0.1) is 0 Å². The molecule has 1 rings (SSSR count). The first-order chi connectivity index (χ1) is 8.21. The molecule has 0 amide bonds. The molecular weight excluding hydrogens is 218 g/mol. The van der Waals surface area contributed by atoms with E-state index < -0.39 is 0 Å². The molecular formula is C13H21NO3. The van der Waals surface area contributed by atoms with Crippen molar-refractivity contribution < 1.29 is 14.2 Å². The zero-order valence-electron chi connectivity index (χ0n) is 10.9. The Kier molecular flexibility index (Phi) is 5.25. The van der Waals surface area contributed by atoms with Gasteiger partial charge in [0, 0.05) is 19.2 Å². The molecule has 0 saturated heterocycles. The van der Waals surface area contributed by atoms with Crippen LogP contribution in [-0.2, 0) is 11.2 Å². The average Bonchev–Trinajstić information content (AvgIpc) is 2.39. The van der Waals surface area contributed by atoms with Gasteiger partial charge < -0.3 is 19.9 Å². The smallest absolute Gasteiger partial charge is 0.125 e. The van der Waals surface area contributed by atoms with E-state index in [-0.39, 0.29) is 6.10 Å². The van der Waals surface area contributed by atoms with Gasteiger partial charge in [-0.05, 0) is 24.1 Å². The van der Waals surface area contributed by atoms with Crippen LogP contribution < -0.4 is 15.2 Å². The summed E-state index contributed by atoms with van der Waals surface area (Å²) in [7, 11) is 4.94. The second kappa shape index (κ2) is 6.47. The molecule has 1 atom stereocenters. The van der Waals surface area contributed by atoms with Crippen LogP contribution in [0.15, 0.2) is 12.1 Å². The Balaban J connectivity index is 3.27. The molecule has 4 nitrogen and oxygen atoms in total. The van der Waals surface area contributed by atoms with Crippen LogP contribution in [0.5, 0.6) is 11.5 Å². The van der Waals surface area contributed by atoms with Crippen molar-refractivity contribution in [3.05, 3.63) is 23.3 Å². The summed E-state index contributed by atoms with van der Waals surface area (Å²) in [4.78, 5) is 0. The molecule has 4 heteroatoms. The Morgan fingerprint density at radius 1 is 1.12 bits per heavy atom. The van der Waals surface area contributed by atoms with Crippen LogP contribution in [0.2, 0.25) is 0 Å². The van der Waals surface area contributed by atoms with Crippen LogP contribution in [0.1, 0.15) is 24.2 Å². The summed E-state index contributed by atoms with van der Waals surface area (Å²) in [6.07, 6.45) is 0.713. The van der Waals surface area contributed by atoms with E-state index in [1.165, 1.54) is 0 Å². The van der Waals surface area contributed by atoms with Crippen molar-refractivity contribution >= 4 is 0 Å². The average molecular weight is 239 g/mol. The summed E-state index contributed by atoms with van der Waals surface area (Å²) >= 11 is 0. The Labute approximate surface area is 103 Å². The van der Waals surface area contributed by atoms with Gasteiger partial charge in [-0.25, -0.2) is 0 Å². The Bertz CT molecular complexity index is 362. The molecule has 17 heavy (non-hydrogen) atoms. The highest BCUT2D eigenvalue weighted by Gasteiger charge is 2.17. The molecule has 0 aliphatic carbocycles. The van der Waals surface area contributed by atoms with E-state index in [0.29, 0.717) is 6.54 Å². The van der Waals surface area contributed by atoms with Crippen LogP contribution in [0.4, 0.5) is 0 Å². The second-order valence-electron chi connectivity index (χ2n) is 3.72. The van der Waals surface area contributed by atoms with Crippen molar-refractivity contribution in [1.29, 1.82) is 0 Å².